The quantitative estimate of drug-likeness (QED) is 0.0656. The molecule has 0 aromatic heterocycles. The number of piperidine rings is 1. The Labute approximate surface area is 447 Å². The molecule has 15 nitrogen and oxygen atoms in total. The number of hydrogen-bond donors (Lipinski definition) is 4. The maximum Gasteiger partial charge on any atom is 0.501 e. The van der Waals surface area contributed by atoms with E-state index >= 15 is 0 Å². The molecule has 3 saturated heterocycles. The van der Waals surface area contributed by atoms with Crippen LogP contribution in [0.1, 0.15) is 61.4 Å². The Morgan fingerprint density at radius 1 is 0.880 bits per heavy atom. The summed E-state index contributed by atoms with van der Waals surface area (Å²) in [6, 6.07) is 25.5. The molecule has 75 heavy (non-hydrogen) atoms. The highest BCUT2D eigenvalue weighted by molar-refractivity contribution is 7.99. The van der Waals surface area contributed by atoms with E-state index in [2.05, 4.69) is 49.3 Å². The number of benzene rings is 4. The summed E-state index contributed by atoms with van der Waals surface area (Å²) in [6.45, 7) is 11.5. The van der Waals surface area contributed by atoms with Crippen LogP contribution in [0.2, 0.25) is 5.02 Å². The Morgan fingerprint density at radius 2 is 1.59 bits per heavy atom. The van der Waals surface area contributed by atoms with Gasteiger partial charge in [0, 0.05) is 104 Å². The molecule has 4 aromatic rings. The standard InChI is InChI=1S/C53H65ClF3N7O8S3/c1-52(37-63-22-5-6-42(35-63)59-51(66)67)21-19-47(38-9-13-41(54)14-10-38)40(33-52)34-62-24-26-64(27-25-62)44-15-11-39(12-16-44)50(65)60-75(70,71)46-17-18-48(49(32-46)74(68,69)53(55,56)57)58-43(20-23-61-28-30-72-31-29-61)36-73-45-7-3-2-4-8-45/h2-4,7-18,32,42-43,58-59H,5-6,19-31,33-37H2,1H3,(H,60,65)(H,66,67)/t42-,43?,52?/m1/s1. The van der Waals surface area contributed by atoms with Gasteiger partial charge in [-0.05, 0) is 128 Å². The second-order valence-electron chi connectivity index (χ2n) is 20.2. The number of piperazine rings is 1. The first-order chi connectivity index (χ1) is 35.7. The first-order valence-corrected chi connectivity index (χ1v) is 29.6. The van der Waals surface area contributed by atoms with Gasteiger partial charge in [-0.25, -0.2) is 26.4 Å². The van der Waals surface area contributed by atoms with Crippen molar-refractivity contribution in [2.75, 3.05) is 101 Å². The summed E-state index contributed by atoms with van der Waals surface area (Å²) < 4.78 is 104. The molecular weight excluding hydrogens is 1050 g/mol. The zero-order chi connectivity index (χ0) is 53.4. The third-order valence-corrected chi connectivity index (χ3v) is 18.8. The summed E-state index contributed by atoms with van der Waals surface area (Å²) in [5.74, 6) is -0.689. The molecule has 3 fully saturated rings. The van der Waals surface area contributed by atoms with Crippen molar-refractivity contribution >= 4 is 72.2 Å². The lowest BCUT2D eigenvalue weighted by Gasteiger charge is -2.44. The Kier molecular flexibility index (Phi) is 18.5. The van der Waals surface area contributed by atoms with Crippen LogP contribution in [0.15, 0.2) is 117 Å². The van der Waals surface area contributed by atoms with Crippen molar-refractivity contribution in [3.8, 4) is 0 Å². The van der Waals surface area contributed by atoms with Gasteiger partial charge in [0.1, 0.15) is 4.90 Å². The fraction of sp³-hybridized carbons (Fsp3) is 0.472. The molecule has 8 rings (SSSR count). The van der Waals surface area contributed by atoms with Crippen LogP contribution in [0.5, 0.6) is 0 Å². The molecule has 4 aliphatic rings. The maximum absolute atomic E-state index is 14.3. The molecule has 0 radical (unpaired) electrons. The minimum absolute atomic E-state index is 0.0000740. The lowest BCUT2D eigenvalue weighted by molar-refractivity contribution is -0.0436. The number of halogens is 4. The van der Waals surface area contributed by atoms with Crippen molar-refractivity contribution < 1.29 is 49.4 Å². The number of anilines is 2. The predicted molar refractivity (Wildman–Crippen MR) is 287 cm³/mol. The van der Waals surface area contributed by atoms with Gasteiger partial charge in [0.15, 0.2) is 0 Å². The van der Waals surface area contributed by atoms with E-state index < -0.39 is 58.9 Å². The molecule has 2 unspecified atom stereocenters. The van der Waals surface area contributed by atoms with Crippen LogP contribution in [0, 0.1) is 5.41 Å². The normalized spacial score (nSPS) is 21.1. The van der Waals surface area contributed by atoms with Crippen LogP contribution < -0.4 is 20.3 Å². The summed E-state index contributed by atoms with van der Waals surface area (Å²) in [7, 11) is -11.0. The third kappa shape index (κ3) is 15.0. The Morgan fingerprint density at radius 3 is 2.27 bits per heavy atom. The summed E-state index contributed by atoms with van der Waals surface area (Å²) in [6.07, 6.45) is 4.03. The van der Waals surface area contributed by atoms with Gasteiger partial charge in [-0.2, -0.15) is 13.2 Å². The molecule has 3 atom stereocenters. The largest absolute Gasteiger partial charge is 0.501 e. The van der Waals surface area contributed by atoms with E-state index in [1.807, 2.05) is 47.2 Å². The number of carbonyl (C=O) groups is 2. The van der Waals surface area contributed by atoms with E-state index in [-0.39, 0.29) is 17.0 Å². The van der Waals surface area contributed by atoms with E-state index in [4.69, 9.17) is 16.3 Å². The van der Waals surface area contributed by atoms with Crippen molar-refractivity contribution in [3.63, 3.8) is 0 Å². The van der Waals surface area contributed by atoms with Crippen LogP contribution in [0.3, 0.4) is 0 Å². The third-order valence-electron chi connectivity index (χ3n) is 14.5. The fourth-order valence-corrected chi connectivity index (χ4v) is 13.7. The minimum atomic E-state index is -6.08. The SMILES string of the molecule is CC1(CN2CCC[C@@H](NC(=O)O)C2)CCC(c2ccc(Cl)cc2)=C(CN2CCN(c3ccc(C(=O)NS(=O)(=O)c4ccc(NC(CCN5CCOCC5)CSc5ccccc5)c(S(=O)(=O)C(F)(F)F)c4)cc3)CC2)C1. The Bertz CT molecular complexity index is 2870. The van der Waals surface area contributed by atoms with E-state index in [0.29, 0.717) is 75.7 Å². The average Bonchev–Trinajstić information content (AvgIpc) is 3.38. The highest BCUT2D eigenvalue weighted by Crippen LogP contribution is 2.44. The smallest absolute Gasteiger partial charge is 0.465 e. The van der Waals surface area contributed by atoms with Crippen LogP contribution in [0.4, 0.5) is 29.3 Å². The lowest BCUT2D eigenvalue weighted by atomic mass is 9.71. The van der Waals surface area contributed by atoms with Crippen LogP contribution in [-0.4, -0.2) is 157 Å². The number of carbonyl (C=O) groups excluding carboxylic acids is 1. The van der Waals surface area contributed by atoms with Crippen LogP contribution in [-0.2, 0) is 24.6 Å². The van der Waals surface area contributed by atoms with Gasteiger partial charge < -0.3 is 30.3 Å². The number of likely N-dealkylation sites (tertiary alicyclic amines) is 1. The molecule has 4 N–H and O–H groups in total. The average molecular weight is 1120 g/mol. The van der Waals surface area contributed by atoms with Crippen molar-refractivity contribution in [1.29, 1.82) is 0 Å². The van der Waals surface area contributed by atoms with Crippen molar-refractivity contribution in [1.82, 2.24) is 24.7 Å². The van der Waals surface area contributed by atoms with Crippen LogP contribution >= 0.6 is 23.4 Å². The highest BCUT2D eigenvalue weighted by Gasteiger charge is 2.48. The molecule has 2 amide bonds. The number of morpholine rings is 1. The van der Waals surface area contributed by atoms with Gasteiger partial charge in [0.25, 0.3) is 25.8 Å². The van der Waals surface area contributed by atoms with Crippen molar-refractivity contribution in [2.24, 2.45) is 5.41 Å². The van der Waals surface area contributed by atoms with E-state index in [9.17, 15) is 44.7 Å². The van der Waals surface area contributed by atoms with Gasteiger partial charge >= 0.3 is 11.6 Å². The zero-order valence-corrected chi connectivity index (χ0v) is 45.1. The summed E-state index contributed by atoms with van der Waals surface area (Å²) in [4.78, 5) is 32.9. The van der Waals surface area contributed by atoms with Gasteiger partial charge in [-0.1, -0.05) is 54.4 Å². The number of thioether (sulfide) groups is 1. The van der Waals surface area contributed by atoms with Crippen LogP contribution in [0.25, 0.3) is 5.57 Å². The number of nitrogens with one attached hydrogen (secondary N) is 3. The number of sulfonamides is 1. The van der Waals surface area contributed by atoms with E-state index in [1.165, 1.54) is 35.0 Å². The summed E-state index contributed by atoms with van der Waals surface area (Å²) in [5, 5.41) is 15.7. The zero-order valence-electron chi connectivity index (χ0n) is 41.9. The summed E-state index contributed by atoms with van der Waals surface area (Å²) >= 11 is 7.73. The number of alkyl halides is 3. The van der Waals surface area contributed by atoms with Gasteiger partial charge in [-0.3, -0.25) is 14.6 Å². The van der Waals surface area contributed by atoms with Gasteiger partial charge in [-0.15, -0.1) is 11.8 Å². The number of rotatable bonds is 19. The second kappa shape index (κ2) is 24.6. The first-order valence-electron chi connectivity index (χ1n) is 25.3. The monoisotopic (exact) mass is 1120 g/mol. The minimum Gasteiger partial charge on any atom is -0.465 e. The van der Waals surface area contributed by atoms with Crippen molar-refractivity contribution in [2.45, 2.75) is 77.7 Å². The second-order valence-corrected chi connectivity index (χ2v) is 25.3. The number of allylic oxidation sites excluding steroid dienone is 1. The van der Waals surface area contributed by atoms with Gasteiger partial charge in [0.2, 0.25) is 0 Å². The predicted octanol–water partition coefficient (Wildman–Crippen LogP) is 8.55. The number of carboxylic acid groups (broad SMARTS) is 1. The number of amides is 2. The van der Waals surface area contributed by atoms with Crippen molar-refractivity contribution in [3.05, 3.63) is 119 Å². The number of sulfone groups is 1. The number of hydrogen-bond acceptors (Lipinski definition) is 13. The van der Waals surface area contributed by atoms with E-state index in [0.717, 1.165) is 93.1 Å². The molecule has 22 heteroatoms. The number of ether oxygens (including phenoxy) is 1. The maximum atomic E-state index is 14.3. The first kappa shape index (κ1) is 56.3. The Balaban J connectivity index is 0.914. The lowest BCUT2D eigenvalue weighted by Crippen LogP contribution is -2.50. The molecule has 1 aliphatic carbocycles. The number of nitrogens with zero attached hydrogens (tertiary/aromatic N) is 4. The molecule has 3 aliphatic heterocycles. The molecule has 0 spiro atoms. The molecule has 4 aromatic carbocycles. The summed E-state index contributed by atoms with van der Waals surface area (Å²) in [5.41, 5.74) is -1.51. The molecule has 3 heterocycles. The fourth-order valence-electron chi connectivity index (χ4n) is 10.6. The molecule has 0 bridgehead atoms. The molecule has 406 valence electrons. The van der Waals surface area contributed by atoms with Gasteiger partial charge in [0.05, 0.1) is 23.8 Å². The molecule has 0 saturated carbocycles. The highest BCUT2D eigenvalue weighted by atomic mass is 35.5. The Hall–Kier alpha value is -4.87. The topological polar surface area (TPSA) is 181 Å². The van der Waals surface area contributed by atoms with E-state index in [1.54, 1.807) is 12.1 Å². The molecular formula is C53H65ClF3N7O8S3.